The zero-order valence-corrected chi connectivity index (χ0v) is 15.7. The van der Waals surface area contributed by atoms with E-state index in [1.165, 1.54) is 18.6 Å². The standard InChI is InChI=1S/C22H23F5O/c1-2-10-21(11-4-3-5-12-21)15-6-8-17(9-7-15)28-22(26,27)16-13-18(23)20(25)19(24)14-16/h6-9,13-14H,2-5,10-12H2,1H3. The molecule has 1 aliphatic carbocycles. The van der Waals surface area contributed by atoms with Gasteiger partial charge in [-0.3, -0.25) is 0 Å². The van der Waals surface area contributed by atoms with Crippen LogP contribution in [0.5, 0.6) is 5.75 Å². The van der Waals surface area contributed by atoms with Gasteiger partial charge in [0.1, 0.15) is 5.75 Å². The van der Waals surface area contributed by atoms with Crippen molar-refractivity contribution in [2.75, 3.05) is 0 Å². The predicted molar refractivity (Wildman–Crippen MR) is 97.0 cm³/mol. The summed E-state index contributed by atoms with van der Waals surface area (Å²) in [7, 11) is 0. The molecule has 1 nitrogen and oxygen atoms in total. The van der Waals surface area contributed by atoms with Crippen molar-refractivity contribution in [2.24, 2.45) is 0 Å². The predicted octanol–water partition coefficient (Wildman–Crippen LogP) is 7.23. The van der Waals surface area contributed by atoms with E-state index >= 15 is 0 Å². The van der Waals surface area contributed by atoms with Gasteiger partial charge in [-0.1, -0.05) is 44.7 Å². The van der Waals surface area contributed by atoms with Crippen LogP contribution in [0.4, 0.5) is 22.0 Å². The summed E-state index contributed by atoms with van der Waals surface area (Å²) in [4.78, 5) is 0. The summed E-state index contributed by atoms with van der Waals surface area (Å²) >= 11 is 0. The molecule has 0 spiro atoms. The average Bonchev–Trinajstić information content (AvgIpc) is 2.67. The number of ether oxygens (including phenoxy) is 1. The average molecular weight is 398 g/mol. The number of benzene rings is 2. The first-order valence-corrected chi connectivity index (χ1v) is 9.60. The van der Waals surface area contributed by atoms with E-state index in [0.29, 0.717) is 0 Å². The van der Waals surface area contributed by atoms with E-state index in [4.69, 9.17) is 0 Å². The first-order chi connectivity index (χ1) is 13.3. The van der Waals surface area contributed by atoms with Gasteiger partial charge in [0.05, 0.1) is 5.56 Å². The van der Waals surface area contributed by atoms with Crippen LogP contribution in [-0.2, 0) is 11.5 Å². The van der Waals surface area contributed by atoms with Crippen molar-refractivity contribution in [3.8, 4) is 5.75 Å². The van der Waals surface area contributed by atoms with Crippen LogP contribution >= 0.6 is 0 Å². The topological polar surface area (TPSA) is 9.23 Å². The molecule has 0 unspecified atom stereocenters. The lowest BCUT2D eigenvalue weighted by molar-refractivity contribution is -0.185. The SMILES string of the molecule is CCCC1(c2ccc(OC(F)(F)c3cc(F)c(F)c(F)c3)cc2)CCCCC1. The molecule has 2 aromatic carbocycles. The van der Waals surface area contributed by atoms with Gasteiger partial charge in [-0.2, -0.15) is 8.78 Å². The Labute approximate surface area is 161 Å². The van der Waals surface area contributed by atoms with Gasteiger partial charge in [0, 0.05) is 0 Å². The summed E-state index contributed by atoms with van der Waals surface area (Å²) in [5, 5.41) is 0. The zero-order valence-electron chi connectivity index (χ0n) is 15.7. The van der Waals surface area contributed by atoms with E-state index < -0.39 is 29.1 Å². The molecule has 2 aromatic rings. The Kier molecular flexibility index (Phi) is 5.96. The first-order valence-electron chi connectivity index (χ1n) is 9.60. The number of rotatable bonds is 6. The van der Waals surface area contributed by atoms with Gasteiger partial charge in [0.2, 0.25) is 0 Å². The third kappa shape index (κ3) is 4.15. The van der Waals surface area contributed by atoms with E-state index in [-0.39, 0.29) is 23.3 Å². The second-order valence-electron chi connectivity index (χ2n) is 7.49. The molecule has 0 N–H and O–H groups in total. The van der Waals surface area contributed by atoms with Crippen LogP contribution in [0.3, 0.4) is 0 Å². The lowest BCUT2D eigenvalue weighted by atomic mass is 9.67. The van der Waals surface area contributed by atoms with Gasteiger partial charge >= 0.3 is 6.11 Å². The molecule has 0 heterocycles. The van der Waals surface area contributed by atoms with Crippen molar-refractivity contribution in [1.82, 2.24) is 0 Å². The smallest absolute Gasteiger partial charge is 0.426 e. The fraction of sp³-hybridized carbons (Fsp3) is 0.455. The molecular weight excluding hydrogens is 375 g/mol. The van der Waals surface area contributed by atoms with Crippen LogP contribution in [0.25, 0.3) is 0 Å². The van der Waals surface area contributed by atoms with Gasteiger partial charge in [-0.25, -0.2) is 13.2 Å². The molecule has 0 aliphatic heterocycles. The molecule has 0 bridgehead atoms. The Morgan fingerprint density at radius 3 is 2.04 bits per heavy atom. The summed E-state index contributed by atoms with van der Waals surface area (Å²) in [6.45, 7) is 2.13. The second-order valence-corrected chi connectivity index (χ2v) is 7.49. The number of alkyl halides is 2. The number of hydrogen-bond acceptors (Lipinski definition) is 1. The van der Waals surface area contributed by atoms with Gasteiger partial charge in [0.15, 0.2) is 17.5 Å². The highest BCUT2D eigenvalue weighted by Crippen LogP contribution is 2.43. The van der Waals surface area contributed by atoms with Gasteiger partial charge in [-0.05, 0) is 54.5 Å². The minimum absolute atomic E-state index is 0.0667. The summed E-state index contributed by atoms with van der Waals surface area (Å²) in [5.41, 5.74) is 0.0864. The Balaban J connectivity index is 1.81. The highest BCUT2D eigenvalue weighted by molar-refractivity contribution is 5.34. The Morgan fingerprint density at radius 2 is 1.50 bits per heavy atom. The fourth-order valence-corrected chi connectivity index (χ4v) is 4.20. The molecule has 0 amide bonds. The molecule has 1 fully saturated rings. The highest BCUT2D eigenvalue weighted by Gasteiger charge is 2.37. The molecule has 3 rings (SSSR count). The summed E-state index contributed by atoms with van der Waals surface area (Å²) < 4.78 is 72.9. The summed E-state index contributed by atoms with van der Waals surface area (Å²) in [5.74, 6) is -5.29. The van der Waals surface area contributed by atoms with E-state index in [0.717, 1.165) is 44.1 Å². The third-order valence-electron chi connectivity index (χ3n) is 5.57. The molecule has 6 heteroatoms. The van der Waals surface area contributed by atoms with Gasteiger partial charge < -0.3 is 4.74 Å². The monoisotopic (exact) mass is 398 g/mol. The molecule has 0 saturated heterocycles. The summed E-state index contributed by atoms with van der Waals surface area (Å²) in [6.07, 6.45) is 3.74. The second kappa shape index (κ2) is 8.10. The molecule has 152 valence electrons. The van der Waals surface area contributed by atoms with Crippen molar-refractivity contribution in [1.29, 1.82) is 0 Å². The van der Waals surface area contributed by atoms with Gasteiger partial charge in [0.25, 0.3) is 0 Å². The van der Waals surface area contributed by atoms with Crippen LogP contribution in [0, 0.1) is 17.5 Å². The third-order valence-corrected chi connectivity index (χ3v) is 5.57. The van der Waals surface area contributed by atoms with Crippen molar-refractivity contribution in [3.63, 3.8) is 0 Å². The normalized spacial score (nSPS) is 16.8. The van der Waals surface area contributed by atoms with Crippen molar-refractivity contribution >= 4 is 0 Å². The molecule has 1 aliphatic rings. The molecule has 1 saturated carbocycles. The highest BCUT2D eigenvalue weighted by atomic mass is 19.3. The van der Waals surface area contributed by atoms with Crippen LogP contribution in [-0.4, -0.2) is 0 Å². The minimum atomic E-state index is -4.00. The Hall–Kier alpha value is -2.11. The van der Waals surface area contributed by atoms with Gasteiger partial charge in [-0.15, -0.1) is 0 Å². The fourth-order valence-electron chi connectivity index (χ4n) is 4.20. The lowest BCUT2D eigenvalue weighted by Gasteiger charge is -2.38. The first kappa shape index (κ1) is 20.6. The van der Waals surface area contributed by atoms with Crippen molar-refractivity contribution in [3.05, 3.63) is 65.0 Å². The maximum absolute atomic E-state index is 14.3. The van der Waals surface area contributed by atoms with E-state index in [1.54, 1.807) is 12.1 Å². The number of hydrogen-bond donors (Lipinski definition) is 0. The van der Waals surface area contributed by atoms with Crippen LogP contribution < -0.4 is 4.74 Å². The van der Waals surface area contributed by atoms with E-state index in [1.807, 2.05) is 0 Å². The molecule has 0 aromatic heterocycles. The van der Waals surface area contributed by atoms with Crippen molar-refractivity contribution in [2.45, 2.75) is 63.4 Å². The van der Waals surface area contributed by atoms with E-state index in [9.17, 15) is 22.0 Å². The lowest BCUT2D eigenvalue weighted by Crippen LogP contribution is -2.29. The maximum atomic E-state index is 14.3. The van der Waals surface area contributed by atoms with Crippen molar-refractivity contribution < 1.29 is 26.7 Å². The molecule has 0 radical (unpaired) electrons. The van der Waals surface area contributed by atoms with Crippen LogP contribution in [0.15, 0.2) is 36.4 Å². The zero-order chi connectivity index (χ0) is 20.4. The maximum Gasteiger partial charge on any atom is 0.426 e. The molecule has 28 heavy (non-hydrogen) atoms. The Morgan fingerprint density at radius 1 is 0.929 bits per heavy atom. The minimum Gasteiger partial charge on any atom is -0.429 e. The van der Waals surface area contributed by atoms with Crippen LogP contribution in [0.1, 0.15) is 63.0 Å². The Bertz CT molecular complexity index is 782. The largest absolute Gasteiger partial charge is 0.429 e. The van der Waals surface area contributed by atoms with E-state index in [2.05, 4.69) is 11.7 Å². The molecular formula is C22H23F5O. The quantitative estimate of drug-likeness (QED) is 0.368. The molecule has 0 atom stereocenters. The summed E-state index contributed by atoms with van der Waals surface area (Å²) in [6, 6.07) is 6.96. The van der Waals surface area contributed by atoms with Crippen LogP contribution in [0.2, 0.25) is 0 Å². The number of halogens is 5.